The molecule has 0 aliphatic heterocycles. The van der Waals surface area contributed by atoms with E-state index < -0.39 is 5.97 Å². The number of aryl methyl sites for hydroxylation is 2. The van der Waals surface area contributed by atoms with Crippen molar-refractivity contribution in [3.8, 4) is 0 Å². The van der Waals surface area contributed by atoms with Gasteiger partial charge in [0.1, 0.15) is 0 Å². The Hall–Kier alpha value is -2.61. The van der Waals surface area contributed by atoms with E-state index in [4.69, 9.17) is 5.11 Å². The van der Waals surface area contributed by atoms with Gasteiger partial charge in [-0.2, -0.15) is 0 Å². The molecule has 0 saturated carbocycles. The molecule has 0 aliphatic carbocycles. The number of hydrogen-bond acceptors (Lipinski definition) is 1. The molecule has 0 aromatic heterocycles. The minimum absolute atomic E-state index is 0.175. The van der Waals surface area contributed by atoms with Crippen molar-refractivity contribution in [1.29, 1.82) is 0 Å². The molecule has 2 heteroatoms. The number of unbranched alkanes of at least 4 members (excludes halogenated alkanes) is 9. The van der Waals surface area contributed by atoms with E-state index in [1.54, 1.807) is 0 Å². The normalized spacial score (nSPS) is 11.8. The largest absolute Gasteiger partial charge is 0.481 e. The predicted octanol–water partition coefficient (Wildman–Crippen LogP) is 9.06. The summed E-state index contributed by atoms with van der Waals surface area (Å²) in [6.45, 7) is 2.28. The second-order valence-electron chi connectivity index (χ2n) is 9.70. The lowest BCUT2D eigenvalue weighted by Crippen LogP contribution is -1.98. The molecule has 33 heavy (non-hydrogen) atoms. The summed E-state index contributed by atoms with van der Waals surface area (Å²) in [5.74, 6) is -0.737. The fourth-order valence-electron chi connectivity index (χ4n) is 5.40. The van der Waals surface area contributed by atoms with Crippen molar-refractivity contribution in [1.82, 2.24) is 0 Å². The molecule has 0 radical (unpaired) electrons. The summed E-state index contributed by atoms with van der Waals surface area (Å²) in [6.07, 6.45) is 15.5. The van der Waals surface area contributed by atoms with Crippen LogP contribution >= 0.6 is 0 Å². The van der Waals surface area contributed by atoms with E-state index in [0.29, 0.717) is 6.42 Å². The van der Waals surface area contributed by atoms with E-state index in [1.165, 1.54) is 102 Å². The zero-order valence-corrected chi connectivity index (χ0v) is 20.2. The molecule has 0 fully saturated rings. The average Bonchev–Trinajstić information content (AvgIpc) is 2.83. The number of carboxylic acid groups (broad SMARTS) is 1. The Kier molecular flexibility index (Phi) is 8.20. The number of carbonyl (C=O) groups is 1. The number of aliphatic carboxylic acids is 1. The van der Waals surface area contributed by atoms with E-state index in [9.17, 15) is 4.79 Å². The van der Waals surface area contributed by atoms with Crippen LogP contribution in [0.25, 0.3) is 32.3 Å². The van der Waals surface area contributed by atoms with Gasteiger partial charge in [-0.15, -0.1) is 0 Å². The molecule has 4 rings (SSSR count). The molecule has 1 N–H and O–H groups in total. The van der Waals surface area contributed by atoms with Gasteiger partial charge in [0.05, 0.1) is 0 Å². The molecular formula is C31H38O2. The number of hydrogen-bond donors (Lipinski definition) is 1. The van der Waals surface area contributed by atoms with Gasteiger partial charge in [-0.1, -0.05) is 113 Å². The second-order valence-corrected chi connectivity index (χ2v) is 9.70. The maximum atomic E-state index is 11.1. The van der Waals surface area contributed by atoms with E-state index in [2.05, 4.69) is 55.5 Å². The first-order chi connectivity index (χ1) is 16.2. The van der Waals surface area contributed by atoms with Crippen LogP contribution in [-0.4, -0.2) is 11.1 Å². The van der Waals surface area contributed by atoms with Gasteiger partial charge in [-0.25, -0.2) is 0 Å². The van der Waals surface area contributed by atoms with E-state index in [0.717, 1.165) is 12.0 Å². The second kappa shape index (κ2) is 11.5. The number of benzene rings is 4. The third-order valence-corrected chi connectivity index (χ3v) is 7.25. The summed E-state index contributed by atoms with van der Waals surface area (Å²) in [5.41, 5.74) is 2.59. The molecule has 0 atom stereocenters. The van der Waals surface area contributed by atoms with Crippen LogP contribution in [0.2, 0.25) is 0 Å². The number of carboxylic acids is 1. The summed E-state index contributed by atoms with van der Waals surface area (Å²) in [4.78, 5) is 11.1. The van der Waals surface area contributed by atoms with E-state index in [1.807, 2.05) is 0 Å². The summed E-state index contributed by atoms with van der Waals surface area (Å²) in [5, 5.41) is 16.9. The van der Waals surface area contributed by atoms with Crippen molar-refractivity contribution in [3.63, 3.8) is 0 Å². The van der Waals surface area contributed by atoms with Crippen molar-refractivity contribution in [3.05, 3.63) is 59.7 Å². The lowest BCUT2D eigenvalue weighted by Gasteiger charge is -2.16. The highest BCUT2D eigenvalue weighted by molar-refractivity contribution is 6.24. The highest BCUT2D eigenvalue weighted by atomic mass is 16.4. The first-order valence-electron chi connectivity index (χ1n) is 13.1. The fraction of sp³-hybridized carbons (Fsp3) is 0.452. The molecule has 0 aliphatic rings. The molecule has 0 heterocycles. The summed E-state index contributed by atoms with van der Waals surface area (Å²) in [7, 11) is 0. The van der Waals surface area contributed by atoms with Gasteiger partial charge in [0.15, 0.2) is 0 Å². The average molecular weight is 443 g/mol. The number of rotatable bonds is 14. The fourth-order valence-corrected chi connectivity index (χ4v) is 5.40. The first-order valence-corrected chi connectivity index (χ1v) is 13.1. The lowest BCUT2D eigenvalue weighted by atomic mass is 9.88. The van der Waals surface area contributed by atoms with Crippen molar-refractivity contribution in [2.75, 3.05) is 0 Å². The zero-order valence-electron chi connectivity index (χ0n) is 20.2. The van der Waals surface area contributed by atoms with Gasteiger partial charge in [0, 0.05) is 6.42 Å². The molecule has 0 unspecified atom stereocenters. The zero-order chi connectivity index (χ0) is 23.0. The topological polar surface area (TPSA) is 37.3 Å². The highest BCUT2D eigenvalue weighted by Crippen LogP contribution is 2.38. The molecule has 0 bridgehead atoms. The third kappa shape index (κ3) is 5.66. The van der Waals surface area contributed by atoms with Crippen molar-refractivity contribution in [2.24, 2.45) is 0 Å². The van der Waals surface area contributed by atoms with Crippen LogP contribution in [0.1, 0.15) is 88.7 Å². The molecule has 0 spiro atoms. The van der Waals surface area contributed by atoms with Gasteiger partial charge in [0.2, 0.25) is 0 Å². The summed E-state index contributed by atoms with van der Waals surface area (Å²) >= 11 is 0. The Labute approximate surface area is 198 Å². The van der Waals surface area contributed by atoms with Crippen LogP contribution in [0.3, 0.4) is 0 Å². The Morgan fingerprint density at radius 1 is 0.606 bits per heavy atom. The first kappa shape index (κ1) is 23.5. The van der Waals surface area contributed by atoms with Crippen molar-refractivity contribution >= 4 is 38.3 Å². The molecule has 0 saturated heterocycles. The predicted molar refractivity (Wildman–Crippen MR) is 142 cm³/mol. The monoisotopic (exact) mass is 442 g/mol. The van der Waals surface area contributed by atoms with Gasteiger partial charge in [-0.05, 0) is 62.7 Å². The van der Waals surface area contributed by atoms with E-state index in [-0.39, 0.29) is 6.42 Å². The van der Waals surface area contributed by atoms with Crippen LogP contribution < -0.4 is 0 Å². The summed E-state index contributed by atoms with van der Waals surface area (Å²) in [6, 6.07) is 17.8. The lowest BCUT2D eigenvalue weighted by molar-refractivity contribution is -0.136. The summed E-state index contributed by atoms with van der Waals surface area (Å²) < 4.78 is 0. The van der Waals surface area contributed by atoms with Crippen LogP contribution in [0.5, 0.6) is 0 Å². The van der Waals surface area contributed by atoms with Crippen molar-refractivity contribution in [2.45, 2.75) is 90.4 Å². The Morgan fingerprint density at radius 2 is 1.06 bits per heavy atom. The molecule has 4 aromatic rings. The maximum absolute atomic E-state index is 11.1. The van der Waals surface area contributed by atoms with Gasteiger partial charge < -0.3 is 5.11 Å². The standard InChI is InChI=1S/C31H38O2/c1-2-3-4-5-6-7-8-9-10-11-12-23-13-15-25-18-21-28-24(19-22-29(32)33)14-16-26-17-20-27(23)30(25)31(26)28/h13-18,20-21H,2-12,19,22H2,1H3,(H,32,33). The van der Waals surface area contributed by atoms with Crippen LogP contribution in [0, 0.1) is 0 Å². The van der Waals surface area contributed by atoms with E-state index >= 15 is 0 Å². The quantitative estimate of drug-likeness (QED) is 0.156. The molecule has 0 amide bonds. The molecule has 4 aromatic carbocycles. The Balaban J connectivity index is 1.44. The van der Waals surface area contributed by atoms with Gasteiger partial charge in [0.25, 0.3) is 0 Å². The Bertz CT molecular complexity index is 1190. The highest BCUT2D eigenvalue weighted by Gasteiger charge is 2.13. The van der Waals surface area contributed by atoms with Crippen LogP contribution in [0.15, 0.2) is 48.5 Å². The minimum Gasteiger partial charge on any atom is -0.481 e. The smallest absolute Gasteiger partial charge is 0.303 e. The minimum atomic E-state index is -0.737. The van der Waals surface area contributed by atoms with Crippen molar-refractivity contribution < 1.29 is 9.90 Å². The maximum Gasteiger partial charge on any atom is 0.303 e. The molecular weight excluding hydrogens is 404 g/mol. The van der Waals surface area contributed by atoms with Gasteiger partial charge >= 0.3 is 5.97 Å². The third-order valence-electron chi connectivity index (χ3n) is 7.25. The Morgan fingerprint density at radius 3 is 1.58 bits per heavy atom. The van der Waals surface area contributed by atoms with Gasteiger partial charge in [-0.3, -0.25) is 4.79 Å². The SMILES string of the molecule is CCCCCCCCCCCCc1ccc2ccc3c(CCC(=O)O)ccc4ccc1c2c43. The van der Waals surface area contributed by atoms with Crippen LogP contribution in [0.4, 0.5) is 0 Å². The molecule has 174 valence electrons. The van der Waals surface area contributed by atoms with Crippen LogP contribution in [-0.2, 0) is 17.6 Å². The molecule has 2 nitrogen and oxygen atoms in total.